The average Bonchev–Trinajstić information content (AvgIpc) is 3.53. The molecule has 0 bridgehead atoms. The van der Waals surface area contributed by atoms with Crippen LogP contribution in [0, 0.1) is 11.8 Å². The zero-order chi connectivity index (χ0) is 20.4. The highest BCUT2D eigenvalue weighted by atomic mass is 32.2. The number of rotatable bonds is 8. The van der Waals surface area contributed by atoms with Gasteiger partial charge >= 0.3 is 0 Å². The highest BCUT2D eigenvalue weighted by molar-refractivity contribution is 7.89. The van der Waals surface area contributed by atoms with Crippen molar-refractivity contribution >= 4 is 21.6 Å². The lowest BCUT2D eigenvalue weighted by atomic mass is 9.89. The molecule has 1 aliphatic rings. The first-order valence-corrected chi connectivity index (χ1v) is 10.9. The van der Waals surface area contributed by atoms with Gasteiger partial charge in [0.15, 0.2) is 0 Å². The first-order valence-electron chi connectivity index (χ1n) is 9.41. The molecule has 0 saturated heterocycles. The number of nitrogens with one attached hydrogen (secondary N) is 2. The Morgan fingerprint density at radius 3 is 2.25 bits per heavy atom. The number of anilines is 1. The van der Waals surface area contributed by atoms with E-state index in [1.807, 2.05) is 30.3 Å². The Morgan fingerprint density at radius 2 is 1.71 bits per heavy atom. The predicted octanol–water partition coefficient (Wildman–Crippen LogP) is 2.86. The van der Waals surface area contributed by atoms with E-state index in [9.17, 15) is 18.3 Å². The average molecular weight is 403 g/mol. The van der Waals surface area contributed by atoms with E-state index >= 15 is 0 Å². The van der Waals surface area contributed by atoms with Crippen molar-refractivity contribution in [3.05, 3.63) is 60.2 Å². The molecular weight excluding hydrogens is 376 g/mol. The summed E-state index contributed by atoms with van der Waals surface area (Å²) in [5.74, 6) is -0.250. The molecule has 2 aromatic rings. The van der Waals surface area contributed by atoms with E-state index in [0.29, 0.717) is 11.3 Å². The van der Waals surface area contributed by atoms with Gasteiger partial charge in [-0.15, -0.1) is 0 Å². The van der Waals surface area contributed by atoms with Crippen molar-refractivity contribution in [3.63, 3.8) is 0 Å². The molecular formula is C21H26N2O4S. The summed E-state index contributed by atoms with van der Waals surface area (Å²) in [4.78, 5) is 11.8. The summed E-state index contributed by atoms with van der Waals surface area (Å²) in [6.07, 6.45) is 1.74. The number of benzene rings is 2. The summed E-state index contributed by atoms with van der Waals surface area (Å²) >= 11 is 0. The lowest BCUT2D eigenvalue weighted by Gasteiger charge is -2.29. The first kappa shape index (κ1) is 20.5. The highest BCUT2D eigenvalue weighted by Gasteiger charge is 2.45. The zero-order valence-electron chi connectivity index (χ0n) is 16.1. The second kappa shape index (κ2) is 8.03. The first-order chi connectivity index (χ1) is 13.2. The second-order valence-corrected chi connectivity index (χ2v) is 9.32. The molecule has 2 aromatic carbocycles. The van der Waals surface area contributed by atoms with Crippen molar-refractivity contribution in [1.29, 1.82) is 0 Å². The minimum atomic E-state index is -3.79. The number of carbonyl (C=O) groups excluding carboxylic acids is 1. The molecule has 1 aliphatic carbocycles. The number of aliphatic hydroxyl groups is 1. The molecule has 7 heteroatoms. The maximum absolute atomic E-state index is 12.7. The molecule has 0 aromatic heterocycles. The van der Waals surface area contributed by atoms with E-state index in [0.717, 1.165) is 12.8 Å². The lowest BCUT2D eigenvalue weighted by Crippen LogP contribution is -2.42. The topological polar surface area (TPSA) is 95.5 Å². The van der Waals surface area contributed by atoms with Crippen molar-refractivity contribution in [2.24, 2.45) is 11.8 Å². The Kier molecular flexibility index (Phi) is 5.88. The molecule has 0 aliphatic heterocycles. The minimum absolute atomic E-state index is 0.0474. The summed E-state index contributed by atoms with van der Waals surface area (Å²) in [5, 5.41) is 13.9. The Balaban J connectivity index is 1.72. The number of sulfonamides is 1. The molecule has 0 spiro atoms. The van der Waals surface area contributed by atoms with Crippen LogP contribution in [0.2, 0.25) is 0 Å². The third-order valence-corrected chi connectivity index (χ3v) is 6.43. The van der Waals surface area contributed by atoms with Gasteiger partial charge in [-0.25, -0.2) is 13.1 Å². The van der Waals surface area contributed by atoms with Gasteiger partial charge in [0.05, 0.1) is 4.90 Å². The van der Waals surface area contributed by atoms with Crippen LogP contribution in [0.15, 0.2) is 59.5 Å². The zero-order valence-corrected chi connectivity index (χ0v) is 16.9. The van der Waals surface area contributed by atoms with Crippen molar-refractivity contribution in [1.82, 2.24) is 4.72 Å². The van der Waals surface area contributed by atoms with Crippen LogP contribution in [0.25, 0.3) is 0 Å². The van der Waals surface area contributed by atoms with Gasteiger partial charge in [0, 0.05) is 18.2 Å². The SMILES string of the molecule is CC(C)C(=O)Nc1ccc(S(=O)(=O)NCC(O)(c2ccccc2)C2CC2)cc1. The van der Waals surface area contributed by atoms with Gasteiger partial charge in [0.2, 0.25) is 15.9 Å². The van der Waals surface area contributed by atoms with Gasteiger partial charge in [-0.3, -0.25) is 4.79 Å². The largest absolute Gasteiger partial charge is 0.383 e. The van der Waals surface area contributed by atoms with Crippen molar-refractivity contribution in [3.8, 4) is 0 Å². The van der Waals surface area contributed by atoms with Crippen LogP contribution in [0.1, 0.15) is 32.3 Å². The molecule has 1 amide bonds. The van der Waals surface area contributed by atoms with Crippen molar-refractivity contribution in [2.45, 2.75) is 37.2 Å². The maximum Gasteiger partial charge on any atom is 0.240 e. The number of hydrogen-bond donors (Lipinski definition) is 3. The van der Waals surface area contributed by atoms with Crippen LogP contribution in [0.4, 0.5) is 5.69 Å². The highest BCUT2D eigenvalue weighted by Crippen LogP contribution is 2.45. The molecule has 3 N–H and O–H groups in total. The molecule has 1 atom stereocenters. The Morgan fingerprint density at radius 1 is 1.11 bits per heavy atom. The quantitative estimate of drug-likeness (QED) is 0.633. The summed E-state index contributed by atoms with van der Waals surface area (Å²) < 4.78 is 27.9. The molecule has 28 heavy (non-hydrogen) atoms. The van der Waals surface area contributed by atoms with Crippen LogP contribution >= 0.6 is 0 Å². The van der Waals surface area contributed by atoms with E-state index in [4.69, 9.17) is 0 Å². The normalized spacial score (nSPS) is 16.6. The molecule has 0 radical (unpaired) electrons. The number of hydrogen-bond acceptors (Lipinski definition) is 4. The minimum Gasteiger partial charge on any atom is -0.383 e. The second-order valence-electron chi connectivity index (χ2n) is 7.56. The van der Waals surface area contributed by atoms with Crippen LogP contribution in [-0.2, 0) is 20.4 Å². The van der Waals surface area contributed by atoms with E-state index in [1.54, 1.807) is 26.0 Å². The molecule has 1 unspecified atom stereocenters. The fourth-order valence-corrected chi connectivity index (χ4v) is 4.13. The van der Waals surface area contributed by atoms with E-state index < -0.39 is 15.6 Å². The summed E-state index contributed by atoms with van der Waals surface area (Å²) in [6.45, 7) is 3.48. The fraction of sp³-hybridized carbons (Fsp3) is 0.381. The Labute approximate surface area is 166 Å². The van der Waals surface area contributed by atoms with Crippen molar-refractivity contribution in [2.75, 3.05) is 11.9 Å². The third-order valence-electron chi connectivity index (χ3n) is 5.01. The van der Waals surface area contributed by atoms with Gasteiger partial charge in [-0.05, 0) is 48.6 Å². The monoisotopic (exact) mass is 402 g/mol. The lowest BCUT2D eigenvalue weighted by molar-refractivity contribution is -0.118. The van der Waals surface area contributed by atoms with Crippen LogP contribution in [-0.4, -0.2) is 26.0 Å². The number of amides is 1. The Hall–Kier alpha value is -2.22. The van der Waals surface area contributed by atoms with E-state index in [-0.39, 0.29) is 29.2 Å². The Bertz CT molecular complexity index is 923. The van der Waals surface area contributed by atoms with Crippen molar-refractivity contribution < 1.29 is 18.3 Å². The molecule has 1 fully saturated rings. The smallest absolute Gasteiger partial charge is 0.240 e. The fourth-order valence-electron chi connectivity index (χ4n) is 3.06. The number of carbonyl (C=O) groups is 1. The van der Waals surface area contributed by atoms with Crippen LogP contribution < -0.4 is 10.0 Å². The standard InChI is InChI=1S/C21H26N2O4S/c1-15(2)20(24)23-18-10-12-19(13-11-18)28(26,27)22-14-21(25,17-8-9-17)16-6-4-3-5-7-16/h3-7,10-13,15,17,22,25H,8-9,14H2,1-2H3,(H,23,24). The van der Waals surface area contributed by atoms with Crippen LogP contribution in [0.5, 0.6) is 0 Å². The van der Waals surface area contributed by atoms with Gasteiger partial charge < -0.3 is 10.4 Å². The van der Waals surface area contributed by atoms with Gasteiger partial charge in [-0.2, -0.15) is 0 Å². The van der Waals surface area contributed by atoms with Gasteiger partial charge in [-0.1, -0.05) is 44.2 Å². The van der Waals surface area contributed by atoms with Crippen LogP contribution in [0.3, 0.4) is 0 Å². The van der Waals surface area contributed by atoms with Gasteiger partial charge in [0.25, 0.3) is 0 Å². The molecule has 150 valence electrons. The summed E-state index contributed by atoms with van der Waals surface area (Å²) in [7, 11) is -3.79. The van der Waals surface area contributed by atoms with E-state index in [2.05, 4.69) is 10.0 Å². The molecule has 6 nitrogen and oxygen atoms in total. The predicted molar refractivity (Wildman–Crippen MR) is 108 cm³/mol. The molecule has 3 rings (SSSR count). The third kappa shape index (κ3) is 4.60. The van der Waals surface area contributed by atoms with Gasteiger partial charge in [0.1, 0.15) is 5.60 Å². The molecule has 1 saturated carbocycles. The van der Waals surface area contributed by atoms with E-state index in [1.165, 1.54) is 12.1 Å². The summed E-state index contributed by atoms with van der Waals surface area (Å²) in [5.41, 5.74) is 0.0304. The maximum atomic E-state index is 12.7. The summed E-state index contributed by atoms with van der Waals surface area (Å²) in [6, 6.07) is 15.2. The molecule has 0 heterocycles.